The van der Waals surface area contributed by atoms with Crippen molar-refractivity contribution in [2.75, 3.05) is 12.4 Å². The number of amides is 1. The molecule has 2 aromatic carbocycles. The molecule has 0 saturated heterocycles. The summed E-state index contributed by atoms with van der Waals surface area (Å²) >= 11 is 0. The second kappa shape index (κ2) is 6.68. The SMILES string of the molecule is COc1cncc(-c2ccc3[nH]nc(NC(=O)c4ccccc4)c3c2)c1. The van der Waals surface area contributed by atoms with Crippen LogP contribution in [-0.2, 0) is 0 Å². The molecule has 0 saturated carbocycles. The van der Waals surface area contributed by atoms with E-state index < -0.39 is 0 Å². The Morgan fingerprint density at radius 2 is 1.88 bits per heavy atom. The highest BCUT2D eigenvalue weighted by atomic mass is 16.5. The van der Waals surface area contributed by atoms with Gasteiger partial charge in [0, 0.05) is 22.7 Å². The van der Waals surface area contributed by atoms with E-state index in [1.165, 1.54) is 0 Å². The first-order valence-electron chi connectivity index (χ1n) is 8.08. The lowest BCUT2D eigenvalue weighted by molar-refractivity contribution is 0.102. The molecule has 6 heteroatoms. The monoisotopic (exact) mass is 344 g/mol. The summed E-state index contributed by atoms with van der Waals surface area (Å²) in [4.78, 5) is 16.6. The molecular weight excluding hydrogens is 328 g/mol. The number of benzene rings is 2. The predicted molar refractivity (Wildman–Crippen MR) is 100 cm³/mol. The van der Waals surface area contributed by atoms with Crippen LogP contribution in [0.25, 0.3) is 22.0 Å². The maximum absolute atomic E-state index is 12.4. The van der Waals surface area contributed by atoms with E-state index in [4.69, 9.17) is 4.74 Å². The van der Waals surface area contributed by atoms with Crippen LogP contribution in [0.2, 0.25) is 0 Å². The zero-order chi connectivity index (χ0) is 17.9. The normalized spacial score (nSPS) is 10.7. The Kier molecular flexibility index (Phi) is 4.07. The van der Waals surface area contributed by atoms with E-state index in [0.29, 0.717) is 17.1 Å². The van der Waals surface area contributed by atoms with Crippen molar-refractivity contribution in [2.24, 2.45) is 0 Å². The van der Waals surface area contributed by atoms with Crippen molar-refractivity contribution in [3.63, 3.8) is 0 Å². The van der Waals surface area contributed by atoms with Crippen LogP contribution in [0, 0.1) is 0 Å². The third kappa shape index (κ3) is 3.00. The maximum atomic E-state index is 12.4. The minimum absolute atomic E-state index is 0.201. The van der Waals surface area contributed by atoms with E-state index >= 15 is 0 Å². The van der Waals surface area contributed by atoms with Crippen LogP contribution in [0.4, 0.5) is 5.82 Å². The quantitative estimate of drug-likeness (QED) is 0.589. The molecule has 2 heterocycles. The molecule has 0 atom stereocenters. The lowest BCUT2D eigenvalue weighted by atomic mass is 10.1. The highest BCUT2D eigenvalue weighted by molar-refractivity contribution is 6.08. The Hall–Kier alpha value is -3.67. The first kappa shape index (κ1) is 15.8. The van der Waals surface area contributed by atoms with Crippen LogP contribution in [0.5, 0.6) is 5.75 Å². The average molecular weight is 344 g/mol. The van der Waals surface area contributed by atoms with Gasteiger partial charge in [0.1, 0.15) is 5.75 Å². The fourth-order valence-electron chi connectivity index (χ4n) is 2.75. The fourth-order valence-corrected chi connectivity index (χ4v) is 2.75. The lowest BCUT2D eigenvalue weighted by Crippen LogP contribution is -2.12. The third-order valence-electron chi connectivity index (χ3n) is 4.11. The Labute approximate surface area is 149 Å². The Balaban J connectivity index is 1.69. The summed E-state index contributed by atoms with van der Waals surface area (Å²) in [6.45, 7) is 0. The van der Waals surface area contributed by atoms with Crippen molar-refractivity contribution in [2.45, 2.75) is 0 Å². The molecule has 2 aromatic heterocycles. The smallest absolute Gasteiger partial charge is 0.256 e. The number of aromatic nitrogens is 3. The van der Waals surface area contributed by atoms with Gasteiger partial charge in [-0.25, -0.2) is 0 Å². The molecule has 4 rings (SSSR count). The van der Waals surface area contributed by atoms with E-state index in [0.717, 1.165) is 22.0 Å². The topological polar surface area (TPSA) is 79.9 Å². The van der Waals surface area contributed by atoms with E-state index in [2.05, 4.69) is 20.5 Å². The zero-order valence-corrected chi connectivity index (χ0v) is 14.1. The lowest BCUT2D eigenvalue weighted by Gasteiger charge is -2.06. The molecule has 0 unspecified atom stereocenters. The predicted octanol–water partition coefficient (Wildman–Crippen LogP) is 3.89. The summed E-state index contributed by atoms with van der Waals surface area (Å²) in [6.07, 6.45) is 3.43. The van der Waals surface area contributed by atoms with Crippen LogP contribution < -0.4 is 10.1 Å². The Bertz CT molecular complexity index is 1070. The number of fused-ring (bicyclic) bond motifs is 1. The number of nitrogens with zero attached hydrogens (tertiary/aromatic N) is 2. The minimum atomic E-state index is -0.201. The molecule has 0 fully saturated rings. The molecule has 128 valence electrons. The molecule has 0 spiro atoms. The van der Waals surface area contributed by atoms with Crippen molar-refractivity contribution in [3.05, 3.63) is 72.6 Å². The van der Waals surface area contributed by atoms with Crippen LogP contribution in [-0.4, -0.2) is 28.2 Å². The van der Waals surface area contributed by atoms with Gasteiger partial charge in [-0.2, -0.15) is 5.10 Å². The van der Waals surface area contributed by atoms with Gasteiger partial charge in [0.15, 0.2) is 5.82 Å². The number of pyridine rings is 1. The summed E-state index contributed by atoms with van der Waals surface area (Å²) in [5.41, 5.74) is 3.30. The molecule has 0 aliphatic carbocycles. The molecule has 26 heavy (non-hydrogen) atoms. The second-order valence-corrected chi connectivity index (χ2v) is 5.77. The molecule has 2 N–H and O–H groups in total. The van der Waals surface area contributed by atoms with Crippen molar-refractivity contribution in [1.29, 1.82) is 0 Å². The van der Waals surface area contributed by atoms with E-state index in [1.54, 1.807) is 31.6 Å². The summed E-state index contributed by atoms with van der Waals surface area (Å²) in [7, 11) is 1.61. The molecule has 6 nitrogen and oxygen atoms in total. The van der Waals surface area contributed by atoms with Gasteiger partial charge in [-0.1, -0.05) is 24.3 Å². The van der Waals surface area contributed by atoms with Crippen molar-refractivity contribution in [3.8, 4) is 16.9 Å². The second-order valence-electron chi connectivity index (χ2n) is 5.77. The molecule has 1 amide bonds. The number of nitrogens with one attached hydrogen (secondary N) is 2. The number of hydrogen-bond acceptors (Lipinski definition) is 4. The number of H-pyrrole nitrogens is 1. The average Bonchev–Trinajstić information content (AvgIpc) is 3.10. The number of carbonyl (C=O) groups is 1. The summed E-state index contributed by atoms with van der Waals surface area (Å²) in [5.74, 6) is 0.978. The number of carbonyl (C=O) groups excluding carboxylic acids is 1. The Morgan fingerprint density at radius 1 is 1.04 bits per heavy atom. The van der Waals surface area contributed by atoms with Crippen LogP contribution in [0.15, 0.2) is 67.0 Å². The van der Waals surface area contributed by atoms with Crippen molar-refractivity contribution >= 4 is 22.6 Å². The highest BCUT2D eigenvalue weighted by Crippen LogP contribution is 2.29. The number of hydrogen-bond donors (Lipinski definition) is 2. The first-order chi connectivity index (χ1) is 12.7. The third-order valence-corrected chi connectivity index (χ3v) is 4.11. The molecular formula is C20H16N4O2. The number of anilines is 1. The largest absolute Gasteiger partial charge is 0.495 e. The molecule has 0 radical (unpaired) electrons. The maximum Gasteiger partial charge on any atom is 0.256 e. The van der Waals surface area contributed by atoms with Gasteiger partial charge in [0.2, 0.25) is 0 Å². The van der Waals surface area contributed by atoms with E-state index in [1.807, 2.05) is 42.5 Å². The number of rotatable bonds is 4. The van der Waals surface area contributed by atoms with Crippen LogP contribution in [0.1, 0.15) is 10.4 Å². The summed E-state index contributed by atoms with van der Waals surface area (Å²) in [6, 6.07) is 16.8. The van der Waals surface area contributed by atoms with Gasteiger partial charge < -0.3 is 10.1 Å². The molecule has 0 bridgehead atoms. The summed E-state index contributed by atoms with van der Waals surface area (Å²) in [5, 5.41) is 10.9. The number of aromatic amines is 1. The minimum Gasteiger partial charge on any atom is -0.495 e. The molecule has 4 aromatic rings. The fraction of sp³-hybridized carbons (Fsp3) is 0.0500. The first-order valence-corrected chi connectivity index (χ1v) is 8.08. The Morgan fingerprint density at radius 3 is 2.69 bits per heavy atom. The van der Waals surface area contributed by atoms with Gasteiger partial charge in [0.05, 0.1) is 18.8 Å². The van der Waals surface area contributed by atoms with E-state index in [-0.39, 0.29) is 5.91 Å². The van der Waals surface area contributed by atoms with Gasteiger partial charge >= 0.3 is 0 Å². The highest BCUT2D eigenvalue weighted by Gasteiger charge is 2.12. The zero-order valence-electron chi connectivity index (χ0n) is 14.1. The van der Waals surface area contributed by atoms with Crippen molar-refractivity contribution in [1.82, 2.24) is 15.2 Å². The van der Waals surface area contributed by atoms with Crippen molar-refractivity contribution < 1.29 is 9.53 Å². The van der Waals surface area contributed by atoms with Crippen LogP contribution >= 0.6 is 0 Å². The van der Waals surface area contributed by atoms with Crippen LogP contribution in [0.3, 0.4) is 0 Å². The van der Waals surface area contributed by atoms with Gasteiger partial charge in [-0.15, -0.1) is 0 Å². The molecule has 0 aliphatic heterocycles. The van der Waals surface area contributed by atoms with E-state index in [9.17, 15) is 4.79 Å². The standard InChI is InChI=1S/C20H16N4O2/c1-26-16-9-15(11-21-12-16)14-7-8-18-17(10-14)19(24-23-18)22-20(25)13-5-3-2-4-6-13/h2-12H,1H3,(H2,22,23,24,25). The van der Waals surface area contributed by atoms with Gasteiger partial charge in [0.25, 0.3) is 5.91 Å². The summed E-state index contributed by atoms with van der Waals surface area (Å²) < 4.78 is 5.24. The van der Waals surface area contributed by atoms with Gasteiger partial charge in [-0.3, -0.25) is 14.9 Å². The van der Waals surface area contributed by atoms with Gasteiger partial charge in [-0.05, 0) is 35.9 Å². The number of ether oxygens (including phenoxy) is 1. The number of methoxy groups -OCH3 is 1. The molecule has 0 aliphatic rings.